The number of pyridine rings is 1. The van der Waals surface area contributed by atoms with Gasteiger partial charge in [-0.2, -0.15) is 4.31 Å². The standard InChI is InChI=1S/C14H16N4O3S/c19-22(20,13-2-1-5-15-10-13)18-8-3-12(4-9-18)21-14-11-16-6-7-17-14/h1-2,5-7,10-12H,3-4,8-9H2. The number of sulfonamides is 1. The van der Waals surface area contributed by atoms with E-state index in [0.717, 1.165) is 0 Å². The van der Waals surface area contributed by atoms with Crippen LogP contribution in [0.5, 0.6) is 5.88 Å². The van der Waals surface area contributed by atoms with E-state index in [1.54, 1.807) is 36.9 Å². The number of ether oxygens (including phenoxy) is 1. The van der Waals surface area contributed by atoms with Gasteiger partial charge in [-0.15, -0.1) is 0 Å². The van der Waals surface area contributed by atoms with Crippen LogP contribution in [0.1, 0.15) is 12.8 Å². The van der Waals surface area contributed by atoms with Gasteiger partial charge in [0.25, 0.3) is 0 Å². The van der Waals surface area contributed by atoms with E-state index >= 15 is 0 Å². The molecular formula is C14H16N4O3S. The number of rotatable bonds is 4. The molecule has 7 nitrogen and oxygen atoms in total. The Hall–Kier alpha value is -2.06. The van der Waals surface area contributed by atoms with Crippen molar-refractivity contribution >= 4 is 10.0 Å². The molecule has 0 amide bonds. The zero-order valence-corrected chi connectivity index (χ0v) is 12.7. The summed E-state index contributed by atoms with van der Waals surface area (Å²) in [5, 5.41) is 0. The van der Waals surface area contributed by atoms with E-state index in [0.29, 0.717) is 31.8 Å². The lowest BCUT2D eigenvalue weighted by Crippen LogP contribution is -2.41. The molecule has 3 rings (SSSR count). The van der Waals surface area contributed by atoms with Gasteiger partial charge in [0.1, 0.15) is 11.0 Å². The number of nitrogens with zero attached hydrogens (tertiary/aromatic N) is 4. The Kier molecular flexibility index (Phi) is 4.30. The van der Waals surface area contributed by atoms with E-state index < -0.39 is 10.0 Å². The fraction of sp³-hybridized carbons (Fsp3) is 0.357. The van der Waals surface area contributed by atoms with E-state index in [1.807, 2.05) is 0 Å². The summed E-state index contributed by atoms with van der Waals surface area (Å²) in [6.45, 7) is 0.838. The topological polar surface area (TPSA) is 85.3 Å². The van der Waals surface area contributed by atoms with Gasteiger partial charge < -0.3 is 4.74 Å². The Morgan fingerprint density at radius 1 is 1.09 bits per heavy atom. The zero-order valence-electron chi connectivity index (χ0n) is 11.9. The summed E-state index contributed by atoms with van der Waals surface area (Å²) >= 11 is 0. The van der Waals surface area contributed by atoms with Gasteiger partial charge in [-0.05, 0) is 25.0 Å². The molecule has 0 unspecified atom stereocenters. The fourth-order valence-corrected chi connectivity index (χ4v) is 3.79. The molecule has 0 atom stereocenters. The van der Waals surface area contributed by atoms with E-state index in [4.69, 9.17) is 4.74 Å². The van der Waals surface area contributed by atoms with Gasteiger partial charge in [0.05, 0.1) is 6.20 Å². The van der Waals surface area contributed by atoms with E-state index in [1.165, 1.54) is 10.5 Å². The second kappa shape index (κ2) is 6.37. The third-order valence-corrected chi connectivity index (χ3v) is 5.38. The first kappa shape index (κ1) is 14.9. The van der Waals surface area contributed by atoms with Crippen molar-refractivity contribution in [2.45, 2.75) is 23.8 Å². The lowest BCUT2D eigenvalue weighted by atomic mass is 10.1. The third kappa shape index (κ3) is 3.23. The molecule has 0 saturated carbocycles. The van der Waals surface area contributed by atoms with Gasteiger partial charge in [0, 0.05) is 37.9 Å². The van der Waals surface area contributed by atoms with Crippen LogP contribution in [0, 0.1) is 0 Å². The number of hydrogen-bond donors (Lipinski definition) is 0. The van der Waals surface area contributed by atoms with Crippen LogP contribution in [0.4, 0.5) is 0 Å². The van der Waals surface area contributed by atoms with Crippen molar-refractivity contribution in [2.75, 3.05) is 13.1 Å². The molecule has 0 radical (unpaired) electrons. The molecule has 0 bridgehead atoms. The minimum Gasteiger partial charge on any atom is -0.473 e. The highest BCUT2D eigenvalue weighted by molar-refractivity contribution is 7.89. The van der Waals surface area contributed by atoms with Gasteiger partial charge >= 0.3 is 0 Å². The van der Waals surface area contributed by atoms with Crippen LogP contribution in [-0.2, 0) is 10.0 Å². The number of aromatic nitrogens is 3. The Labute approximate surface area is 129 Å². The molecule has 0 aromatic carbocycles. The van der Waals surface area contributed by atoms with Crippen LogP contribution >= 0.6 is 0 Å². The van der Waals surface area contributed by atoms with E-state index in [-0.39, 0.29) is 11.0 Å². The fourth-order valence-electron chi connectivity index (χ4n) is 2.36. The molecule has 8 heteroatoms. The lowest BCUT2D eigenvalue weighted by Gasteiger charge is -2.30. The van der Waals surface area contributed by atoms with Gasteiger partial charge in [-0.3, -0.25) is 9.97 Å². The quantitative estimate of drug-likeness (QED) is 0.839. The summed E-state index contributed by atoms with van der Waals surface area (Å²) < 4.78 is 32.1. The highest BCUT2D eigenvalue weighted by Gasteiger charge is 2.30. The Morgan fingerprint density at radius 3 is 2.50 bits per heavy atom. The molecule has 0 N–H and O–H groups in total. The summed E-state index contributed by atoms with van der Waals surface area (Å²) in [7, 11) is -3.47. The van der Waals surface area contributed by atoms with Gasteiger partial charge in [-0.25, -0.2) is 13.4 Å². The molecule has 0 spiro atoms. The van der Waals surface area contributed by atoms with Gasteiger partial charge in [-0.1, -0.05) is 0 Å². The third-order valence-electron chi connectivity index (χ3n) is 3.50. The van der Waals surface area contributed by atoms with Gasteiger partial charge in [0.2, 0.25) is 15.9 Å². The average Bonchev–Trinajstić information content (AvgIpc) is 2.57. The van der Waals surface area contributed by atoms with Crippen molar-refractivity contribution in [1.82, 2.24) is 19.3 Å². The van der Waals surface area contributed by atoms with Crippen molar-refractivity contribution in [1.29, 1.82) is 0 Å². The molecule has 0 aliphatic carbocycles. The van der Waals surface area contributed by atoms with Crippen LogP contribution in [0.3, 0.4) is 0 Å². The number of piperidine rings is 1. The summed E-state index contributed by atoms with van der Waals surface area (Å²) in [5.41, 5.74) is 0. The van der Waals surface area contributed by atoms with Crippen LogP contribution in [0.2, 0.25) is 0 Å². The predicted octanol–water partition coefficient (Wildman–Crippen LogP) is 1.10. The van der Waals surface area contributed by atoms with Crippen molar-refractivity contribution in [3.63, 3.8) is 0 Å². The van der Waals surface area contributed by atoms with E-state index in [2.05, 4.69) is 15.0 Å². The molecule has 1 aliphatic heterocycles. The largest absolute Gasteiger partial charge is 0.473 e. The molecule has 2 aromatic rings. The maximum Gasteiger partial charge on any atom is 0.244 e. The Balaban J connectivity index is 1.62. The Bertz CT molecular complexity index is 701. The van der Waals surface area contributed by atoms with Crippen LogP contribution in [0.25, 0.3) is 0 Å². The molecule has 1 fully saturated rings. The second-order valence-corrected chi connectivity index (χ2v) is 6.89. The minimum absolute atomic E-state index is 0.0444. The van der Waals surface area contributed by atoms with E-state index in [9.17, 15) is 8.42 Å². The molecular weight excluding hydrogens is 304 g/mol. The first-order valence-corrected chi connectivity index (χ1v) is 8.43. The average molecular weight is 320 g/mol. The summed E-state index contributed by atoms with van der Waals surface area (Å²) in [6, 6.07) is 3.18. The van der Waals surface area contributed by atoms with Crippen molar-refractivity contribution in [3.05, 3.63) is 43.1 Å². The predicted molar refractivity (Wildman–Crippen MR) is 78.7 cm³/mol. The summed E-state index contributed by atoms with van der Waals surface area (Å²) in [5.74, 6) is 0.469. The van der Waals surface area contributed by atoms with Crippen LogP contribution < -0.4 is 4.74 Å². The SMILES string of the molecule is O=S(=O)(c1cccnc1)N1CCC(Oc2cnccn2)CC1. The maximum atomic E-state index is 12.5. The van der Waals surface area contributed by atoms with Crippen LogP contribution in [-0.4, -0.2) is 46.9 Å². The second-order valence-electron chi connectivity index (χ2n) is 4.95. The summed E-state index contributed by atoms with van der Waals surface area (Å²) in [6.07, 6.45) is 8.83. The molecule has 1 aliphatic rings. The first-order valence-electron chi connectivity index (χ1n) is 6.99. The molecule has 2 aromatic heterocycles. The molecule has 116 valence electrons. The molecule has 3 heterocycles. The van der Waals surface area contributed by atoms with Crippen molar-refractivity contribution in [2.24, 2.45) is 0 Å². The normalized spacial score (nSPS) is 17.3. The van der Waals surface area contributed by atoms with Gasteiger partial charge in [0.15, 0.2) is 0 Å². The monoisotopic (exact) mass is 320 g/mol. The first-order chi connectivity index (χ1) is 10.7. The maximum absolute atomic E-state index is 12.5. The van der Waals surface area contributed by atoms with Crippen molar-refractivity contribution in [3.8, 4) is 5.88 Å². The summed E-state index contributed by atoms with van der Waals surface area (Å²) in [4.78, 5) is 12.1. The van der Waals surface area contributed by atoms with Crippen LogP contribution in [0.15, 0.2) is 48.0 Å². The molecule has 22 heavy (non-hydrogen) atoms. The smallest absolute Gasteiger partial charge is 0.244 e. The Morgan fingerprint density at radius 2 is 1.86 bits per heavy atom. The minimum atomic E-state index is -3.47. The zero-order chi connectivity index (χ0) is 15.4. The highest BCUT2D eigenvalue weighted by atomic mass is 32.2. The lowest BCUT2D eigenvalue weighted by molar-refractivity contribution is 0.129. The highest BCUT2D eigenvalue weighted by Crippen LogP contribution is 2.22. The van der Waals surface area contributed by atoms with Crippen molar-refractivity contribution < 1.29 is 13.2 Å². The number of hydrogen-bond acceptors (Lipinski definition) is 6. The molecule has 1 saturated heterocycles.